The van der Waals surface area contributed by atoms with E-state index in [0.29, 0.717) is 29.4 Å². The smallest absolute Gasteiger partial charge is 0.330 e. The first-order valence-electron chi connectivity index (χ1n) is 9.07. The molecule has 2 heterocycles. The first kappa shape index (κ1) is 18.9. The van der Waals surface area contributed by atoms with Crippen molar-refractivity contribution in [1.29, 1.82) is 0 Å². The second kappa shape index (κ2) is 7.20. The Bertz CT molecular complexity index is 908. The summed E-state index contributed by atoms with van der Waals surface area (Å²) in [5.41, 5.74) is -0.0505. The van der Waals surface area contributed by atoms with Gasteiger partial charge in [-0.2, -0.15) is 13.2 Å². The number of nitrogens with zero attached hydrogens (tertiary/aromatic N) is 2. The van der Waals surface area contributed by atoms with Gasteiger partial charge in [-0.3, -0.25) is 9.59 Å². The lowest BCUT2D eigenvalue weighted by Crippen LogP contribution is -2.43. The van der Waals surface area contributed by atoms with E-state index >= 15 is 0 Å². The second-order valence-corrected chi connectivity index (χ2v) is 7.93. The minimum Gasteiger partial charge on any atom is -0.330 e. The average molecular weight is 409 g/mol. The predicted octanol–water partition coefficient (Wildman–Crippen LogP) is 4.17. The maximum atomic E-state index is 12.9. The van der Waals surface area contributed by atoms with Crippen molar-refractivity contribution in [3.05, 3.63) is 35.2 Å². The first-order valence-corrected chi connectivity index (χ1v) is 9.95. The third-order valence-corrected chi connectivity index (χ3v) is 5.74. The van der Waals surface area contributed by atoms with Gasteiger partial charge in [0.15, 0.2) is 5.13 Å². The molecule has 2 fully saturated rings. The molecule has 0 radical (unpaired) electrons. The monoisotopic (exact) mass is 409 g/mol. The lowest BCUT2D eigenvalue weighted by atomic mass is 10.1. The van der Waals surface area contributed by atoms with E-state index in [4.69, 9.17) is 0 Å². The molecule has 0 bridgehead atoms. The maximum absolute atomic E-state index is 12.9. The number of nitrogens with one attached hydrogen (secondary N) is 1. The van der Waals surface area contributed by atoms with Crippen molar-refractivity contribution in [3.63, 3.8) is 0 Å². The van der Waals surface area contributed by atoms with Crippen molar-refractivity contribution in [2.75, 3.05) is 11.9 Å². The molecule has 1 atom stereocenters. The molecule has 1 aromatic carbocycles. The zero-order valence-corrected chi connectivity index (χ0v) is 15.6. The highest BCUT2D eigenvalue weighted by atomic mass is 32.1. The lowest BCUT2D eigenvalue weighted by molar-refractivity contribution is -0.138. The fourth-order valence-electron chi connectivity index (χ4n) is 3.38. The van der Waals surface area contributed by atoms with Crippen LogP contribution in [0.25, 0.3) is 11.3 Å². The molecule has 1 aromatic heterocycles. The van der Waals surface area contributed by atoms with Crippen LogP contribution in [0, 0.1) is 5.92 Å². The van der Waals surface area contributed by atoms with E-state index < -0.39 is 17.8 Å². The molecular weight excluding hydrogens is 391 g/mol. The van der Waals surface area contributed by atoms with Crippen molar-refractivity contribution in [2.24, 2.45) is 5.92 Å². The van der Waals surface area contributed by atoms with E-state index in [-0.39, 0.29) is 17.7 Å². The summed E-state index contributed by atoms with van der Waals surface area (Å²) in [6, 6.07) is 4.41. The number of aromatic nitrogens is 1. The molecule has 4 rings (SSSR count). The quantitative estimate of drug-likeness (QED) is 0.825. The molecule has 148 valence electrons. The predicted molar refractivity (Wildman–Crippen MR) is 98.6 cm³/mol. The Morgan fingerprint density at radius 1 is 1.21 bits per heavy atom. The summed E-state index contributed by atoms with van der Waals surface area (Å²) >= 11 is 1.15. The first-order chi connectivity index (χ1) is 13.3. The summed E-state index contributed by atoms with van der Waals surface area (Å²) in [5.74, 6) is -0.196. The molecular formula is C19H18F3N3O2S. The van der Waals surface area contributed by atoms with Gasteiger partial charge in [0.1, 0.15) is 6.04 Å². The van der Waals surface area contributed by atoms with Crippen molar-refractivity contribution < 1.29 is 22.8 Å². The second-order valence-electron chi connectivity index (χ2n) is 7.07. The van der Waals surface area contributed by atoms with Crippen LogP contribution in [0.5, 0.6) is 0 Å². The Hall–Kier alpha value is -2.42. The minimum atomic E-state index is -4.43. The summed E-state index contributed by atoms with van der Waals surface area (Å²) in [6.45, 7) is 0.584. The van der Waals surface area contributed by atoms with Crippen LogP contribution in [0.1, 0.15) is 31.2 Å². The number of thiazole rings is 1. The number of benzene rings is 1. The van der Waals surface area contributed by atoms with Crippen molar-refractivity contribution in [3.8, 4) is 11.3 Å². The SMILES string of the molecule is O=C(Nc1nc(-c2cccc(C(F)(F)F)c2)cs1)[C@@H]1CCCN1C(=O)C1CC1. The Morgan fingerprint density at radius 3 is 2.71 bits per heavy atom. The number of alkyl halides is 3. The molecule has 5 nitrogen and oxygen atoms in total. The number of hydrogen-bond donors (Lipinski definition) is 1. The van der Waals surface area contributed by atoms with Gasteiger partial charge in [-0.25, -0.2) is 4.98 Å². The molecule has 2 aromatic rings. The molecule has 1 saturated carbocycles. The molecule has 28 heavy (non-hydrogen) atoms. The van der Waals surface area contributed by atoms with Crippen LogP contribution in [0.2, 0.25) is 0 Å². The van der Waals surface area contributed by atoms with Crippen LogP contribution in [0.3, 0.4) is 0 Å². The van der Waals surface area contributed by atoms with Crippen LogP contribution in [-0.4, -0.2) is 34.3 Å². The normalized spacial score (nSPS) is 19.7. The summed E-state index contributed by atoms with van der Waals surface area (Å²) < 4.78 is 38.7. The van der Waals surface area contributed by atoms with Crippen LogP contribution in [0.4, 0.5) is 18.3 Å². The van der Waals surface area contributed by atoms with Gasteiger partial charge >= 0.3 is 6.18 Å². The van der Waals surface area contributed by atoms with Gasteiger partial charge in [0.05, 0.1) is 11.3 Å². The number of carbonyl (C=O) groups is 2. The molecule has 0 spiro atoms. The van der Waals surface area contributed by atoms with Gasteiger partial charge < -0.3 is 10.2 Å². The van der Waals surface area contributed by atoms with Crippen molar-refractivity contribution in [2.45, 2.75) is 37.9 Å². The largest absolute Gasteiger partial charge is 0.416 e. The number of likely N-dealkylation sites (tertiary alicyclic amines) is 1. The van der Waals surface area contributed by atoms with Gasteiger partial charge in [0, 0.05) is 23.4 Å². The molecule has 0 unspecified atom stereocenters. The topological polar surface area (TPSA) is 62.3 Å². The van der Waals surface area contributed by atoms with Crippen molar-refractivity contribution in [1.82, 2.24) is 9.88 Å². The standard InChI is InChI=1S/C19H18F3N3O2S/c20-19(21,22)13-4-1-3-12(9-13)14-10-28-18(23-14)24-16(26)15-5-2-8-25(15)17(27)11-6-7-11/h1,3-4,9-11,15H,2,5-8H2,(H,23,24,26)/t15-/m0/s1. The molecule has 1 aliphatic carbocycles. The highest BCUT2D eigenvalue weighted by Gasteiger charge is 2.41. The lowest BCUT2D eigenvalue weighted by Gasteiger charge is -2.23. The fraction of sp³-hybridized carbons (Fsp3) is 0.421. The Morgan fingerprint density at radius 2 is 2.00 bits per heavy atom. The van der Waals surface area contributed by atoms with Gasteiger partial charge in [-0.15, -0.1) is 11.3 Å². The van der Waals surface area contributed by atoms with Gasteiger partial charge in [0.2, 0.25) is 11.8 Å². The fourth-order valence-corrected chi connectivity index (χ4v) is 4.10. The molecule has 1 saturated heterocycles. The number of hydrogen-bond acceptors (Lipinski definition) is 4. The Labute approximate surface area is 163 Å². The number of amides is 2. The van der Waals surface area contributed by atoms with Crippen LogP contribution < -0.4 is 5.32 Å². The number of rotatable bonds is 4. The average Bonchev–Trinajstić information content (AvgIpc) is 3.20. The molecule has 1 N–H and O–H groups in total. The molecule has 2 amide bonds. The van der Waals surface area contributed by atoms with Crippen LogP contribution in [-0.2, 0) is 15.8 Å². The van der Waals surface area contributed by atoms with Gasteiger partial charge in [-0.1, -0.05) is 12.1 Å². The molecule has 9 heteroatoms. The van der Waals surface area contributed by atoms with E-state index in [9.17, 15) is 22.8 Å². The number of halogens is 3. The van der Waals surface area contributed by atoms with E-state index in [1.165, 1.54) is 6.07 Å². The van der Waals surface area contributed by atoms with E-state index in [2.05, 4.69) is 10.3 Å². The highest BCUT2D eigenvalue weighted by molar-refractivity contribution is 7.14. The third kappa shape index (κ3) is 3.89. The van der Waals surface area contributed by atoms with E-state index in [0.717, 1.165) is 42.7 Å². The van der Waals surface area contributed by atoms with Crippen LogP contribution >= 0.6 is 11.3 Å². The van der Waals surface area contributed by atoms with Gasteiger partial charge in [0.25, 0.3) is 0 Å². The van der Waals surface area contributed by atoms with Crippen LogP contribution in [0.15, 0.2) is 29.6 Å². The summed E-state index contributed by atoms with van der Waals surface area (Å²) in [5, 5.41) is 4.63. The maximum Gasteiger partial charge on any atom is 0.416 e. The van der Waals surface area contributed by atoms with E-state index in [1.807, 2.05) is 0 Å². The third-order valence-electron chi connectivity index (χ3n) is 4.99. The number of carbonyl (C=O) groups excluding carboxylic acids is 2. The zero-order chi connectivity index (χ0) is 19.9. The molecule has 2 aliphatic rings. The van der Waals surface area contributed by atoms with Gasteiger partial charge in [-0.05, 0) is 37.8 Å². The Balaban J connectivity index is 1.46. The Kier molecular flexibility index (Phi) is 4.86. The van der Waals surface area contributed by atoms with Crippen molar-refractivity contribution >= 4 is 28.3 Å². The number of anilines is 1. The minimum absolute atomic E-state index is 0.0430. The van der Waals surface area contributed by atoms with E-state index in [1.54, 1.807) is 16.3 Å². The molecule has 1 aliphatic heterocycles. The summed E-state index contributed by atoms with van der Waals surface area (Å²) in [4.78, 5) is 30.8. The highest BCUT2D eigenvalue weighted by Crippen LogP contribution is 2.35. The zero-order valence-electron chi connectivity index (χ0n) is 14.8. The summed E-state index contributed by atoms with van der Waals surface area (Å²) in [7, 11) is 0. The summed E-state index contributed by atoms with van der Waals surface area (Å²) in [6.07, 6.45) is -1.27.